The molecule has 0 atom stereocenters. The van der Waals surface area contributed by atoms with Gasteiger partial charge in [-0.25, -0.2) is 9.07 Å². The van der Waals surface area contributed by atoms with Gasteiger partial charge < -0.3 is 19.2 Å². The molecule has 0 bridgehead atoms. The topological polar surface area (TPSA) is 91.4 Å². The summed E-state index contributed by atoms with van der Waals surface area (Å²) in [5.74, 6) is 0.411. The van der Waals surface area contributed by atoms with Crippen LogP contribution in [-0.2, 0) is 16.1 Å². The number of hydrogen-bond acceptors (Lipinski definition) is 6. The Balaban J connectivity index is 1.57. The number of carbonyl (C=O) groups is 1. The lowest BCUT2D eigenvalue weighted by molar-refractivity contribution is -0.119. The molecule has 31 heavy (non-hydrogen) atoms. The van der Waals surface area contributed by atoms with Crippen LogP contribution < -0.4 is 10.1 Å². The van der Waals surface area contributed by atoms with Crippen molar-refractivity contribution in [3.8, 4) is 23.3 Å². The van der Waals surface area contributed by atoms with E-state index in [-0.39, 0.29) is 30.9 Å². The summed E-state index contributed by atoms with van der Waals surface area (Å²) < 4.78 is 30.7. The summed E-state index contributed by atoms with van der Waals surface area (Å²) in [7, 11) is 1.46. The van der Waals surface area contributed by atoms with Crippen LogP contribution in [0.5, 0.6) is 6.01 Å². The van der Waals surface area contributed by atoms with Crippen LogP contribution in [0.1, 0.15) is 5.56 Å². The largest absolute Gasteiger partial charge is 0.461 e. The van der Waals surface area contributed by atoms with Gasteiger partial charge in [-0.3, -0.25) is 4.79 Å². The number of anilines is 1. The molecule has 2 aromatic heterocycles. The highest BCUT2D eigenvalue weighted by atomic mass is 19.1. The average molecular weight is 422 g/mol. The van der Waals surface area contributed by atoms with Crippen molar-refractivity contribution in [2.24, 2.45) is 0 Å². The monoisotopic (exact) mass is 422 g/mol. The highest BCUT2D eigenvalue weighted by Gasteiger charge is 2.17. The third-order valence-electron chi connectivity index (χ3n) is 4.28. The molecule has 158 valence electrons. The number of furan rings is 1. The number of hydrogen-bond donors (Lipinski definition) is 1. The molecular weight excluding hydrogens is 403 g/mol. The van der Waals surface area contributed by atoms with Crippen LogP contribution in [0.2, 0.25) is 0 Å². The molecule has 1 N–H and O–H groups in total. The maximum atomic E-state index is 13.1. The van der Waals surface area contributed by atoms with Gasteiger partial charge in [0.15, 0.2) is 5.76 Å². The van der Waals surface area contributed by atoms with E-state index in [4.69, 9.17) is 13.9 Å². The number of benzene rings is 2. The maximum Gasteiger partial charge on any atom is 0.336 e. The summed E-state index contributed by atoms with van der Waals surface area (Å²) in [6.07, 6.45) is 1.54. The second kappa shape index (κ2) is 9.23. The smallest absolute Gasteiger partial charge is 0.336 e. The highest BCUT2D eigenvalue weighted by Crippen LogP contribution is 2.25. The predicted octanol–water partition coefficient (Wildman–Crippen LogP) is 3.83. The van der Waals surface area contributed by atoms with E-state index in [9.17, 15) is 9.18 Å². The third-order valence-corrected chi connectivity index (χ3v) is 4.28. The minimum Gasteiger partial charge on any atom is -0.461 e. The minimum atomic E-state index is -0.312. The van der Waals surface area contributed by atoms with Crippen molar-refractivity contribution in [1.82, 2.24) is 14.8 Å². The SMILES string of the molecule is COCC(=O)Nc1ccc(-n2nc(OCc3ccc(F)cc3)nc2-c2ccco2)cc1. The number of methoxy groups -OCH3 is 1. The van der Waals surface area contributed by atoms with Crippen LogP contribution in [0.3, 0.4) is 0 Å². The lowest BCUT2D eigenvalue weighted by Crippen LogP contribution is -2.17. The number of nitrogens with zero attached hydrogens (tertiary/aromatic N) is 3. The summed E-state index contributed by atoms with van der Waals surface area (Å²) in [6.45, 7) is 0.161. The van der Waals surface area contributed by atoms with Crippen LogP contribution in [0.4, 0.5) is 10.1 Å². The van der Waals surface area contributed by atoms with Gasteiger partial charge in [0.1, 0.15) is 19.0 Å². The molecular formula is C22H19FN4O4. The van der Waals surface area contributed by atoms with E-state index < -0.39 is 0 Å². The number of nitrogens with one attached hydrogen (secondary N) is 1. The molecule has 1 amide bonds. The average Bonchev–Trinajstić information content (AvgIpc) is 3.44. The number of ether oxygens (including phenoxy) is 2. The van der Waals surface area contributed by atoms with Crippen LogP contribution in [-0.4, -0.2) is 34.4 Å². The molecule has 0 saturated heterocycles. The van der Waals surface area contributed by atoms with E-state index in [1.54, 1.807) is 59.5 Å². The Morgan fingerprint density at radius 1 is 1.13 bits per heavy atom. The summed E-state index contributed by atoms with van der Waals surface area (Å²) in [6, 6.07) is 16.7. The Kier molecular flexibility index (Phi) is 6.04. The van der Waals surface area contributed by atoms with Gasteiger partial charge in [-0.05, 0) is 54.1 Å². The third kappa shape index (κ3) is 4.96. The fraction of sp³-hybridized carbons (Fsp3) is 0.136. The lowest BCUT2D eigenvalue weighted by Gasteiger charge is -2.07. The molecule has 9 heteroatoms. The molecule has 2 heterocycles. The van der Waals surface area contributed by atoms with Crippen molar-refractivity contribution in [2.75, 3.05) is 19.0 Å². The van der Waals surface area contributed by atoms with Gasteiger partial charge in [-0.15, -0.1) is 5.10 Å². The van der Waals surface area contributed by atoms with Gasteiger partial charge in [-0.1, -0.05) is 12.1 Å². The molecule has 0 radical (unpaired) electrons. The molecule has 0 saturated carbocycles. The number of carbonyl (C=O) groups excluding carboxylic acids is 1. The molecule has 0 spiro atoms. The Morgan fingerprint density at radius 3 is 2.58 bits per heavy atom. The molecule has 8 nitrogen and oxygen atoms in total. The Bertz CT molecular complexity index is 1140. The van der Waals surface area contributed by atoms with Crippen molar-refractivity contribution in [2.45, 2.75) is 6.61 Å². The van der Waals surface area contributed by atoms with E-state index in [1.807, 2.05) is 0 Å². The van der Waals surface area contributed by atoms with E-state index >= 15 is 0 Å². The summed E-state index contributed by atoms with van der Waals surface area (Å²) in [5.41, 5.74) is 2.10. The molecule has 4 rings (SSSR count). The summed E-state index contributed by atoms with van der Waals surface area (Å²) in [4.78, 5) is 16.1. The van der Waals surface area contributed by atoms with Crippen molar-refractivity contribution >= 4 is 11.6 Å². The zero-order valence-corrected chi connectivity index (χ0v) is 16.6. The van der Waals surface area contributed by atoms with Crippen LogP contribution in [0.25, 0.3) is 17.3 Å². The van der Waals surface area contributed by atoms with Crippen molar-refractivity contribution in [3.63, 3.8) is 0 Å². The van der Waals surface area contributed by atoms with Gasteiger partial charge >= 0.3 is 6.01 Å². The van der Waals surface area contributed by atoms with Gasteiger partial charge in [0.2, 0.25) is 11.7 Å². The lowest BCUT2D eigenvalue weighted by atomic mass is 10.2. The summed E-state index contributed by atoms with van der Waals surface area (Å²) in [5, 5.41) is 7.16. The predicted molar refractivity (Wildman–Crippen MR) is 110 cm³/mol. The van der Waals surface area contributed by atoms with Crippen LogP contribution in [0.15, 0.2) is 71.3 Å². The van der Waals surface area contributed by atoms with Gasteiger partial charge in [-0.2, -0.15) is 4.98 Å². The van der Waals surface area contributed by atoms with E-state index in [0.717, 1.165) is 5.56 Å². The number of halogens is 1. The van der Waals surface area contributed by atoms with Gasteiger partial charge in [0, 0.05) is 12.8 Å². The first-order chi connectivity index (χ1) is 15.1. The number of amides is 1. The standard InChI is InChI=1S/C22H19FN4O4/c1-29-14-20(28)24-17-8-10-18(11-9-17)27-21(19-3-2-12-30-19)25-22(26-27)31-13-15-4-6-16(23)7-5-15/h2-12H,13-14H2,1H3,(H,24,28). The second-order valence-corrected chi connectivity index (χ2v) is 6.55. The van der Waals surface area contributed by atoms with Gasteiger partial charge in [0.05, 0.1) is 12.0 Å². The Morgan fingerprint density at radius 2 is 1.90 bits per heavy atom. The number of aromatic nitrogens is 3. The molecule has 0 aliphatic rings. The fourth-order valence-corrected chi connectivity index (χ4v) is 2.84. The van der Waals surface area contributed by atoms with Crippen molar-refractivity contribution in [3.05, 3.63) is 78.3 Å². The van der Waals surface area contributed by atoms with Crippen molar-refractivity contribution in [1.29, 1.82) is 0 Å². The van der Waals surface area contributed by atoms with Crippen LogP contribution in [0, 0.1) is 5.82 Å². The minimum absolute atomic E-state index is 0.0256. The van der Waals surface area contributed by atoms with Gasteiger partial charge in [0.25, 0.3) is 0 Å². The highest BCUT2D eigenvalue weighted by molar-refractivity contribution is 5.91. The molecule has 0 fully saturated rings. The fourth-order valence-electron chi connectivity index (χ4n) is 2.84. The first kappa shape index (κ1) is 20.3. The normalized spacial score (nSPS) is 10.8. The molecule has 2 aromatic carbocycles. The Labute approximate surface area is 177 Å². The zero-order chi connectivity index (χ0) is 21.6. The van der Waals surface area contributed by atoms with E-state index in [0.29, 0.717) is 23.0 Å². The first-order valence-electron chi connectivity index (χ1n) is 9.40. The molecule has 0 aliphatic carbocycles. The van der Waals surface area contributed by atoms with E-state index in [1.165, 1.54) is 19.2 Å². The molecule has 0 unspecified atom stereocenters. The van der Waals surface area contributed by atoms with E-state index in [2.05, 4.69) is 15.4 Å². The Hall–Kier alpha value is -3.98. The van der Waals surface area contributed by atoms with Crippen LogP contribution >= 0.6 is 0 Å². The maximum absolute atomic E-state index is 13.1. The summed E-state index contributed by atoms with van der Waals surface area (Å²) >= 11 is 0. The molecule has 0 aliphatic heterocycles. The second-order valence-electron chi connectivity index (χ2n) is 6.55. The zero-order valence-electron chi connectivity index (χ0n) is 16.6. The molecule has 4 aromatic rings. The number of rotatable bonds is 8. The quantitative estimate of drug-likeness (QED) is 0.464. The first-order valence-corrected chi connectivity index (χ1v) is 9.40. The van der Waals surface area contributed by atoms with Crippen molar-refractivity contribution < 1.29 is 23.1 Å².